The molecule has 0 radical (unpaired) electrons. The van der Waals surface area contributed by atoms with E-state index in [1.807, 2.05) is 0 Å². The Kier molecular flexibility index (Phi) is 5.70. The van der Waals surface area contributed by atoms with Crippen molar-refractivity contribution in [3.05, 3.63) is 35.4 Å². The zero-order chi connectivity index (χ0) is 12.8. The summed E-state index contributed by atoms with van der Waals surface area (Å²) in [5.41, 5.74) is 2.88. The summed E-state index contributed by atoms with van der Waals surface area (Å²) < 4.78 is 0. The van der Waals surface area contributed by atoms with Gasteiger partial charge in [0.2, 0.25) is 0 Å². The molecule has 0 fully saturated rings. The normalized spacial score (nSPS) is 11.8. The molecular formula is C16H27N. The molecule has 0 heterocycles. The molecule has 0 saturated carbocycles. The third-order valence-corrected chi connectivity index (χ3v) is 3.42. The monoisotopic (exact) mass is 233 g/mol. The molecule has 1 aromatic carbocycles. The summed E-state index contributed by atoms with van der Waals surface area (Å²) in [6.07, 6.45) is 2.28. The van der Waals surface area contributed by atoms with Gasteiger partial charge in [-0.05, 0) is 51.7 Å². The van der Waals surface area contributed by atoms with Crippen molar-refractivity contribution in [3.8, 4) is 0 Å². The van der Waals surface area contributed by atoms with Gasteiger partial charge in [0.05, 0.1) is 0 Å². The highest BCUT2D eigenvalue weighted by atomic mass is 15.2. The van der Waals surface area contributed by atoms with E-state index >= 15 is 0 Å². The van der Waals surface area contributed by atoms with Gasteiger partial charge in [0.15, 0.2) is 0 Å². The maximum absolute atomic E-state index is 2.55. The number of rotatable bonds is 6. The first-order valence-electron chi connectivity index (χ1n) is 6.88. The lowest BCUT2D eigenvalue weighted by Gasteiger charge is -2.30. The number of hydrogen-bond acceptors (Lipinski definition) is 1. The molecule has 0 aliphatic carbocycles. The van der Waals surface area contributed by atoms with Gasteiger partial charge in [-0.3, -0.25) is 4.90 Å². The molecule has 0 saturated heterocycles. The van der Waals surface area contributed by atoms with Gasteiger partial charge in [-0.25, -0.2) is 0 Å². The molecule has 0 amide bonds. The lowest BCUT2D eigenvalue weighted by atomic mass is 10.1. The summed E-state index contributed by atoms with van der Waals surface area (Å²) in [7, 11) is 0. The summed E-state index contributed by atoms with van der Waals surface area (Å²) in [5.74, 6) is 0. The summed E-state index contributed by atoms with van der Waals surface area (Å²) in [4.78, 5) is 2.55. The van der Waals surface area contributed by atoms with Crippen molar-refractivity contribution >= 4 is 0 Å². The predicted octanol–water partition coefficient (Wildman–Crippen LogP) is 3.91. The van der Waals surface area contributed by atoms with E-state index in [2.05, 4.69) is 63.8 Å². The van der Waals surface area contributed by atoms with Crippen LogP contribution in [0, 0.1) is 0 Å². The molecule has 0 aromatic heterocycles. The second kappa shape index (κ2) is 6.80. The first-order chi connectivity index (χ1) is 8.04. The fourth-order valence-electron chi connectivity index (χ4n) is 2.31. The Bertz CT molecular complexity index is 303. The van der Waals surface area contributed by atoms with Gasteiger partial charge in [0.25, 0.3) is 0 Å². The van der Waals surface area contributed by atoms with Crippen LogP contribution >= 0.6 is 0 Å². The minimum absolute atomic E-state index is 0.630. The van der Waals surface area contributed by atoms with E-state index < -0.39 is 0 Å². The number of nitrogens with zero attached hydrogens (tertiary/aromatic N) is 1. The minimum Gasteiger partial charge on any atom is -0.298 e. The molecule has 96 valence electrons. The van der Waals surface area contributed by atoms with Crippen LogP contribution in [-0.2, 0) is 12.8 Å². The van der Waals surface area contributed by atoms with Crippen LogP contribution in [0.4, 0.5) is 0 Å². The van der Waals surface area contributed by atoms with Crippen molar-refractivity contribution < 1.29 is 0 Å². The van der Waals surface area contributed by atoms with Gasteiger partial charge in [0.1, 0.15) is 0 Å². The summed E-state index contributed by atoms with van der Waals surface area (Å²) in [6, 6.07) is 10.3. The van der Waals surface area contributed by atoms with Crippen LogP contribution in [0.3, 0.4) is 0 Å². The van der Waals surface area contributed by atoms with Gasteiger partial charge in [-0.2, -0.15) is 0 Å². The van der Waals surface area contributed by atoms with Crippen LogP contribution < -0.4 is 0 Å². The van der Waals surface area contributed by atoms with Crippen LogP contribution in [0.25, 0.3) is 0 Å². The molecule has 0 N–H and O–H groups in total. The lowest BCUT2D eigenvalue weighted by Crippen LogP contribution is -2.38. The Hall–Kier alpha value is -0.820. The topological polar surface area (TPSA) is 3.24 Å². The second-order valence-electron chi connectivity index (χ2n) is 5.35. The quantitative estimate of drug-likeness (QED) is 0.720. The Labute approximate surface area is 107 Å². The number of benzene rings is 1. The molecule has 1 heteroatoms. The summed E-state index contributed by atoms with van der Waals surface area (Å²) >= 11 is 0. The Morgan fingerprint density at radius 1 is 0.882 bits per heavy atom. The predicted molar refractivity (Wildman–Crippen MR) is 76.5 cm³/mol. The summed E-state index contributed by atoms with van der Waals surface area (Å²) in [6.45, 7) is 12.5. The highest BCUT2D eigenvalue weighted by Gasteiger charge is 2.12. The molecule has 17 heavy (non-hydrogen) atoms. The van der Waals surface area contributed by atoms with Crippen LogP contribution in [0.1, 0.15) is 45.7 Å². The lowest BCUT2D eigenvalue weighted by molar-refractivity contribution is 0.177. The van der Waals surface area contributed by atoms with E-state index in [0.717, 1.165) is 19.4 Å². The van der Waals surface area contributed by atoms with Crippen molar-refractivity contribution in [1.82, 2.24) is 4.90 Å². The Morgan fingerprint density at radius 3 is 1.76 bits per heavy atom. The average molecular weight is 233 g/mol. The highest BCUT2D eigenvalue weighted by molar-refractivity contribution is 5.22. The van der Waals surface area contributed by atoms with E-state index in [-0.39, 0.29) is 0 Å². The van der Waals surface area contributed by atoms with Crippen LogP contribution in [0.5, 0.6) is 0 Å². The first-order valence-corrected chi connectivity index (χ1v) is 6.88. The van der Waals surface area contributed by atoms with Crippen LogP contribution in [-0.4, -0.2) is 23.5 Å². The zero-order valence-electron chi connectivity index (χ0n) is 12.0. The number of aryl methyl sites for hydroxylation is 1. The van der Waals surface area contributed by atoms with Gasteiger partial charge < -0.3 is 0 Å². The fourth-order valence-corrected chi connectivity index (χ4v) is 2.31. The molecule has 1 aromatic rings. The second-order valence-corrected chi connectivity index (χ2v) is 5.35. The van der Waals surface area contributed by atoms with Gasteiger partial charge in [-0.1, -0.05) is 31.2 Å². The van der Waals surface area contributed by atoms with E-state index in [1.165, 1.54) is 11.1 Å². The van der Waals surface area contributed by atoms with E-state index in [4.69, 9.17) is 0 Å². The smallest absolute Gasteiger partial charge is 0.00414 e. The van der Waals surface area contributed by atoms with Gasteiger partial charge in [0, 0.05) is 18.6 Å². The molecule has 1 rings (SSSR count). The van der Waals surface area contributed by atoms with Gasteiger partial charge in [-0.15, -0.1) is 0 Å². The molecular weight excluding hydrogens is 206 g/mol. The van der Waals surface area contributed by atoms with Crippen LogP contribution in [0.15, 0.2) is 24.3 Å². The molecule has 0 atom stereocenters. The van der Waals surface area contributed by atoms with Crippen molar-refractivity contribution in [2.24, 2.45) is 0 Å². The minimum atomic E-state index is 0.630. The SMILES string of the molecule is CCc1ccc(CCN(C(C)C)C(C)C)cc1. The van der Waals surface area contributed by atoms with Crippen molar-refractivity contribution in [2.45, 2.75) is 59.5 Å². The van der Waals surface area contributed by atoms with Crippen molar-refractivity contribution in [2.75, 3.05) is 6.54 Å². The average Bonchev–Trinajstić information content (AvgIpc) is 2.29. The molecule has 1 nitrogen and oxygen atoms in total. The molecule has 0 aliphatic rings. The maximum Gasteiger partial charge on any atom is 0.00414 e. The molecule has 0 unspecified atom stereocenters. The molecule has 0 spiro atoms. The third kappa shape index (κ3) is 4.51. The van der Waals surface area contributed by atoms with E-state index in [9.17, 15) is 0 Å². The van der Waals surface area contributed by atoms with E-state index in [0.29, 0.717) is 12.1 Å². The molecule has 0 bridgehead atoms. The third-order valence-electron chi connectivity index (χ3n) is 3.42. The Morgan fingerprint density at radius 2 is 1.35 bits per heavy atom. The van der Waals surface area contributed by atoms with E-state index in [1.54, 1.807) is 0 Å². The zero-order valence-corrected chi connectivity index (χ0v) is 12.0. The van der Waals surface area contributed by atoms with Crippen molar-refractivity contribution in [1.29, 1.82) is 0 Å². The van der Waals surface area contributed by atoms with Crippen molar-refractivity contribution in [3.63, 3.8) is 0 Å². The largest absolute Gasteiger partial charge is 0.298 e. The Balaban J connectivity index is 2.53. The molecule has 0 aliphatic heterocycles. The highest BCUT2D eigenvalue weighted by Crippen LogP contribution is 2.10. The first kappa shape index (κ1) is 14.2. The number of hydrogen-bond donors (Lipinski definition) is 0. The maximum atomic E-state index is 2.55. The summed E-state index contributed by atoms with van der Waals surface area (Å²) in [5, 5.41) is 0. The van der Waals surface area contributed by atoms with Gasteiger partial charge >= 0.3 is 0 Å². The fraction of sp³-hybridized carbons (Fsp3) is 0.625. The van der Waals surface area contributed by atoms with Crippen LogP contribution in [0.2, 0.25) is 0 Å². The standard InChI is InChI=1S/C16H27N/c1-6-15-7-9-16(10-8-15)11-12-17(13(2)3)14(4)5/h7-10,13-14H,6,11-12H2,1-5H3.